The van der Waals surface area contributed by atoms with E-state index in [1.165, 1.54) is 4.90 Å². The number of piperazine rings is 1. The van der Waals surface area contributed by atoms with E-state index in [9.17, 15) is 14.4 Å². The van der Waals surface area contributed by atoms with Crippen LogP contribution in [0.5, 0.6) is 0 Å². The molecule has 1 saturated heterocycles. The van der Waals surface area contributed by atoms with E-state index in [1.807, 2.05) is 13.8 Å². The number of amides is 3. The van der Waals surface area contributed by atoms with Crippen molar-refractivity contribution in [3.63, 3.8) is 0 Å². The summed E-state index contributed by atoms with van der Waals surface area (Å²) in [6, 6.07) is -1.74. The quantitative estimate of drug-likeness (QED) is 0.167. The second-order valence-corrected chi connectivity index (χ2v) is 6.44. The molecule has 9 nitrogen and oxygen atoms in total. The number of nitrogens with two attached hydrogens (primary N) is 2. The first kappa shape index (κ1) is 21.7. The van der Waals surface area contributed by atoms with Crippen LogP contribution < -0.4 is 22.1 Å². The van der Waals surface area contributed by atoms with E-state index < -0.39 is 23.9 Å². The van der Waals surface area contributed by atoms with Crippen LogP contribution in [0.2, 0.25) is 0 Å². The molecule has 1 aliphatic rings. The van der Waals surface area contributed by atoms with Crippen molar-refractivity contribution in [2.45, 2.75) is 64.5 Å². The lowest BCUT2D eigenvalue weighted by molar-refractivity contribution is -0.154. The van der Waals surface area contributed by atoms with E-state index in [0.29, 0.717) is 32.5 Å². The molecule has 148 valence electrons. The highest BCUT2D eigenvalue weighted by Crippen LogP contribution is 2.15. The number of rotatable bonds is 11. The molecule has 0 saturated carbocycles. The van der Waals surface area contributed by atoms with E-state index in [1.54, 1.807) is 0 Å². The second-order valence-electron chi connectivity index (χ2n) is 6.44. The van der Waals surface area contributed by atoms with Gasteiger partial charge in [-0.3, -0.25) is 19.4 Å². The number of guanidine groups is 1. The van der Waals surface area contributed by atoms with E-state index in [-0.39, 0.29) is 11.9 Å². The maximum atomic E-state index is 12.8. The molecule has 1 fully saturated rings. The summed E-state index contributed by atoms with van der Waals surface area (Å²) in [6.07, 6.45) is 4.35. The lowest BCUT2D eigenvalue weighted by Gasteiger charge is -2.38. The van der Waals surface area contributed by atoms with Crippen molar-refractivity contribution >= 4 is 23.7 Å². The van der Waals surface area contributed by atoms with Crippen molar-refractivity contribution in [2.75, 3.05) is 19.6 Å². The van der Waals surface area contributed by atoms with E-state index >= 15 is 0 Å². The number of carbonyl (C=O) groups is 3. The molecule has 1 rings (SSSR count). The third kappa shape index (κ3) is 6.53. The highest BCUT2D eigenvalue weighted by Gasteiger charge is 2.43. The van der Waals surface area contributed by atoms with Gasteiger partial charge >= 0.3 is 0 Å². The van der Waals surface area contributed by atoms with Crippen molar-refractivity contribution in [2.24, 2.45) is 16.5 Å². The van der Waals surface area contributed by atoms with Gasteiger partial charge in [0, 0.05) is 19.6 Å². The third-order valence-corrected chi connectivity index (χ3v) is 4.23. The molecule has 1 heterocycles. The van der Waals surface area contributed by atoms with Crippen molar-refractivity contribution in [3.05, 3.63) is 0 Å². The Morgan fingerprint density at radius 3 is 2.50 bits per heavy atom. The summed E-state index contributed by atoms with van der Waals surface area (Å²) in [5.74, 6) is -1.07. The van der Waals surface area contributed by atoms with Crippen molar-refractivity contribution < 1.29 is 14.4 Å². The lowest BCUT2D eigenvalue weighted by atomic mass is 10.0. The molecular weight excluding hydrogens is 336 g/mol. The van der Waals surface area contributed by atoms with Gasteiger partial charge < -0.3 is 27.0 Å². The number of carbonyl (C=O) groups excluding carboxylic acids is 3. The Morgan fingerprint density at radius 1 is 1.19 bits per heavy atom. The predicted octanol–water partition coefficient (Wildman–Crippen LogP) is -0.548. The molecule has 0 aromatic heterocycles. The van der Waals surface area contributed by atoms with Crippen LogP contribution in [0.1, 0.15) is 52.4 Å². The van der Waals surface area contributed by atoms with Crippen LogP contribution in [0.15, 0.2) is 4.99 Å². The van der Waals surface area contributed by atoms with Crippen LogP contribution in [0.3, 0.4) is 0 Å². The number of nitrogens with one attached hydrogen (secondary N) is 2. The molecule has 0 radical (unpaired) electrons. The number of hydrogen-bond donors (Lipinski definition) is 4. The topological polar surface area (TPSA) is 143 Å². The molecule has 0 aromatic rings. The minimum Gasteiger partial charge on any atom is -0.370 e. The van der Waals surface area contributed by atoms with Gasteiger partial charge in [-0.1, -0.05) is 26.7 Å². The minimum atomic E-state index is -1.10. The number of aliphatic imine (C=N–C) groups is 1. The third-order valence-electron chi connectivity index (χ3n) is 4.23. The van der Waals surface area contributed by atoms with Crippen LogP contribution >= 0.6 is 0 Å². The van der Waals surface area contributed by atoms with E-state index in [2.05, 4.69) is 15.6 Å². The van der Waals surface area contributed by atoms with Crippen molar-refractivity contribution in [1.29, 1.82) is 0 Å². The molecule has 0 aromatic carbocycles. The average Bonchev–Trinajstić information content (AvgIpc) is 2.59. The van der Waals surface area contributed by atoms with Crippen LogP contribution in [0.4, 0.5) is 0 Å². The van der Waals surface area contributed by atoms with Gasteiger partial charge in [0.2, 0.25) is 5.91 Å². The first-order chi connectivity index (χ1) is 12.4. The van der Waals surface area contributed by atoms with Gasteiger partial charge in [-0.2, -0.15) is 0 Å². The highest BCUT2D eigenvalue weighted by molar-refractivity contribution is 6.10. The van der Waals surface area contributed by atoms with Crippen molar-refractivity contribution in [1.82, 2.24) is 15.5 Å². The molecule has 2 atom stereocenters. The highest BCUT2D eigenvalue weighted by atomic mass is 16.2. The Bertz CT molecular complexity index is 519. The van der Waals surface area contributed by atoms with Gasteiger partial charge in [0.25, 0.3) is 11.8 Å². The van der Waals surface area contributed by atoms with Gasteiger partial charge in [-0.05, 0) is 25.7 Å². The zero-order valence-corrected chi connectivity index (χ0v) is 15.8. The number of nitrogens with zero attached hydrogens (tertiary/aromatic N) is 2. The van der Waals surface area contributed by atoms with Gasteiger partial charge in [0.05, 0.1) is 0 Å². The van der Waals surface area contributed by atoms with Crippen LogP contribution in [0, 0.1) is 0 Å². The molecule has 0 aliphatic carbocycles. The first-order valence-electron chi connectivity index (χ1n) is 9.36. The molecule has 0 spiro atoms. The summed E-state index contributed by atoms with van der Waals surface area (Å²) in [7, 11) is 0. The van der Waals surface area contributed by atoms with Gasteiger partial charge in [0.15, 0.2) is 12.0 Å². The Balaban J connectivity index is 2.77. The standard InChI is InChI=1S/C17H32N6O3/c1-3-5-9-20-14(24)13-15(25)22-12(8-7-10-21-17(18)19)16(26)23(13)11-6-4-2/h12-13H,3-11H2,1-2H3,(H,20,24)(H,22,25)(H4,18,19,21). The summed E-state index contributed by atoms with van der Waals surface area (Å²) in [4.78, 5) is 43.0. The van der Waals surface area contributed by atoms with E-state index in [4.69, 9.17) is 11.5 Å². The largest absolute Gasteiger partial charge is 0.370 e. The fraction of sp³-hybridized carbons (Fsp3) is 0.765. The lowest BCUT2D eigenvalue weighted by Crippen LogP contribution is -2.67. The summed E-state index contributed by atoms with van der Waals surface area (Å²) < 4.78 is 0. The second kappa shape index (κ2) is 11.3. The van der Waals surface area contributed by atoms with Crippen LogP contribution in [0.25, 0.3) is 0 Å². The maximum absolute atomic E-state index is 12.8. The van der Waals surface area contributed by atoms with Crippen molar-refractivity contribution in [3.8, 4) is 0 Å². The average molecular weight is 368 g/mol. The predicted molar refractivity (Wildman–Crippen MR) is 100 cm³/mol. The molecule has 1 aliphatic heterocycles. The summed E-state index contributed by atoms with van der Waals surface area (Å²) in [6.45, 7) is 5.29. The smallest absolute Gasteiger partial charge is 0.253 e. The fourth-order valence-electron chi connectivity index (χ4n) is 2.79. The SMILES string of the molecule is CCCCNC(=O)C1C(=O)NC(CCCN=C(N)N)C(=O)N1CCCC. The Kier molecular flexibility index (Phi) is 9.46. The number of unbranched alkanes of at least 4 members (excludes halogenated alkanes) is 2. The summed E-state index contributed by atoms with van der Waals surface area (Å²) in [5, 5.41) is 5.43. The zero-order valence-electron chi connectivity index (χ0n) is 15.8. The molecule has 3 amide bonds. The molecule has 2 unspecified atom stereocenters. The molecule has 26 heavy (non-hydrogen) atoms. The van der Waals surface area contributed by atoms with Gasteiger partial charge in [0.1, 0.15) is 6.04 Å². The normalized spacial score (nSPS) is 19.8. The molecule has 0 bridgehead atoms. The van der Waals surface area contributed by atoms with Crippen LogP contribution in [-0.4, -0.2) is 60.3 Å². The van der Waals surface area contributed by atoms with Gasteiger partial charge in [-0.25, -0.2) is 0 Å². The van der Waals surface area contributed by atoms with Gasteiger partial charge in [-0.15, -0.1) is 0 Å². The number of hydrogen-bond acceptors (Lipinski definition) is 4. The Hall–Kier alpha value is -2.32. The monoisotopic (exact) mass is 368 g/mol. The maximum Gasteiger partial charge on any atom is 0.253 e. The Labute approximate surface area is 154 Å². The Morgan fingerprint density at radius 2 is 1.88 bits per heavy atom. The van der Waals surface area contributed by atoms with E-state index in [0.717, 1.165) is 25.7 Å². The molecule has 6 N–H and O–H groups in total. The first-order valence-corrected chi connectivity index (χ1v) is 9.36. The molecular formula is C17H32N6O3. The summed E-state index contributed by atoms with van der Waals surface area (Å²) >= 11 is 0. The minimum absolute atomic E-state index is 0.00241. The fourth-order valence-corrected chi connectivity index (χ4v) is 2.79. The zero-order chi connectivity index (χ0) is 19.5. The molecule has 9 heteroatoms. The summed E-state index contributed by atoms with van der Waals surface area (Å²) in [5.41, 5.74) is 10.6. The van der Waals surface area contributed by atoms with Crippen LogP contribution in [-0.2, 0) is 14.4 Å².